The normalized spacial score (nSPS) is 10.5. The van der Waals surface area contributed by atoms with Gasteiger partial charge in [-0.3, -0.25) is 4.79 Å². The fraction of sp³-hybridized carbons (Fsp3) is 0.0952. The Bertz CT molecular complexity index is 877. The largest absolute Gasteiger partial charge is 0.322 e. The lowest BCUT2D eigenvalue weighted by Gasteiger charge is -2.08. The molecule has 1 amide bonds. The highest BCUT2D eigenvalue weighted by molar-refractivity contribution is 7.98. The van der Waals surface area contributed by atoms with Gasteiger partial charge in [-0.15, -0.1) is 11.8 Å². The van der Waals surface area contributed by atoms with Crippen molar-refractivity contribution in [3.8, 4) is 0 Å². The van der Waals surface area contributed by atoms with Gasteiger partial charge in [0, 0.05) is 21.9 Å². The number of anilines is 1. The second kappa shape index (κ2) is 7.99. The van der Waals surface area contributed by atoms with Crippen molar-refractivity contribution in [3.63, 3.8) is 0 Å². The maximum atomic E-state index is 13.6. The number of amides is 1. The number of carbonyl (C=O) groups excluding carboxylic acids is 1. The summed E-state index contributed by atoms with van der Waals surface area (Å²) in [7, 11) is 0. The van der Waals surface area contributed by atoms with Crippen molar-refractivity contribution in [3.05, 3.63) is 95.3 Å². The predicted molar refractivity (Wildman–Crippen MR) is 102 cm³/mol. The van der Waals surface area contributed by atoms with Gasteiger partial charge in [0.25, 0.3) is 5.91 Å². The summed E-state index contributed by atoms with van der Waals surface area (Å²) in [6, 6.07) is 21.9. The molecule has 0 aromatic heterocycles. The predicted octanol–water partition coefficient (Wildman–Crippen LogP) is 5.68. The molecule has 0 spiro atoms. The molecule has 126 valence electrons. The molecule has 3 aromatic rings. The van der Waals surface area contributed by atoms with E-state index in [9.17, 15) is 9.18 Å². The molecule has 4 heteroatoms. The van der Waals surface area contributed by atoms with Gasteiger partial charge in [-0.05, 0) is 54.4 Å². The molecule has 0 unspecified atom stereocenters. The first-order valence-electron chi connectivity index (χ1n) is 7.97. The van der Waals surface area contributed by atoms with Crippen LogP contribution < -0.4 is 5.32 Å². The molecule has 0 saturated carbocycles. The smallest absolute Gasteiger partial charge is 0.255 e. The van der Waals surface area contributed by atoms with Crippen molar-refractivity contribution < 1.29 is 9.18 Å². The first-order chi connectivity index (χ1) is 12.1. The summed E-state index contributed by atoms with van der Waals surface area (Å²) in [5, 5.41) is 2.90. The molecule has 0 bridgehead atoms. The van der Waals surface area contributed by atoms with Crippen LogP contribution in [0.2, 0.25) is 0 Å². The molecule has 0 saturated heterocycles. The molecule has 0 aliphatic carbocycles. The monoisotopic (exact) mass is 351 g/mol. The van der Waals surface area contributed by atoms with E-state index in [1.165, 1.54) is 6.07 Å². The number of nitrogens with one attached hydrogen (secondary N) is 1. The SMILES string of the molecule is Cc1ccccc1C(=O)Nc1ccc(SCc2ccccc2F)cc1. The topological polar surface area (TPSA) is 29.1 Å². The number of halogens is 1. The number of benzene rings is 3. The van der Waals surface area contributed by atoms with Crippen molar-refractivity contribution >= 4 is 23.4 Å². The Kier molecular flexibility index (Phi) is 5.51. The van der Waals surface area contributed by atoms with Gasteiger partial charge in [0.05, 0.1) is 0 Å². The minimum absolute atomic E-state index is 0.121. The van der Waals surface area contributed by atoms with E-state index in [1.807, 2.05) is 61.5 Å². The summed E-state index contributed by atoms with van der Waals surface area (Å²) < 4.78 is 13.6. The molecule has 0 fully saturated rings. The summed E-state index contributed by atoms with van der Waals surface area (Å²) in [5.74, 6) is 0.267. The molecular formula is C21H18FNOS. The number of thioether (sulfide) groups is 1. The van der Waals surface area contributed by atoms with Crippen LogP contribution in [0.1, 0.15) is 21.5 Å². The fourth-order valence-corrected chi connectivity index (χ4v) is 3.32. The van der Waals surface area contributed by atoms with Crippen molar-refractivity contribution in [2.75, 3.05) is 5.32 Å². The highest BCUT2D eigenvalue weighted by atomic mass is 32.2. The van der Waals surface area contributed by atoms with Crippen LogP contribution in [0, 0.1) is 12.7 Å². The van der Waals surface area contributed by atoms with Gasteiger partial charge in [0.2, 0.25) is 0 Å². The third-order valence-electron chi connectivity index (χ3n) is 3.85. The molecule has 3 aromatic carbocycles. The Morgan fingerprint density at radius 2 is 1.64 bits per heavy atom. The zero-order valence-corrected chi connectivity index (χ0v) is 14.6. The summed E-state index contributed by atoms with van der Waals surface area (Å²) in [5.41, 5.74) is 3.03. The van der Waals surface area contributed by atoms with E-state index in [0.29, 0.717) is 16.9 Å². The van der Waals surface area contributed by atoms with Crippen LogP contribution in [0.3, 0.4) is 0 Å². The van der Waals surface area contributed by atoms with Crippen molar-refractivity contribution in [1.82, 2.24) is 0 Å². The highest BCUT2D eigenvalue weighted by Crippen LogP contribution is 2.25. The third-order valence-corrected chi connectivity index (χ3v) is 4.91. The Morgan fingerprint density at radius 3 is 2.36 bits per heavy atom. The maximum Gasteiger partial charge on any atom is 0.255 e. The molecular weight excluding hydrogens is 333 g/mol. The number of aryl methyl sites for hydroxylation is 1. The van der Waals surface area contributed by atoms with E-state index in [0.717, 1.165) is 16.1 Å². The van der Waals surface area contributed by atoms with Gasteiger partial charge in [0.1, 0.15) is 5.82 Å². The molecule has 0 aliphatic rings. The molecule has 0 heterocycles. The molecule has 1 N–H and O–H groups in total. The standard InChI is InChI=1S/C21H18FNOS/c1-15-6-2-4-8-19(15)21(24)23-17-10-12-18(13-11-17)25-14-16-7-3-5-9-20(16)22/h2-13H,14H2,1H3,(H,23,24). The zero-order chi connectivity index (χ0) is 17.6. The zero-order valence-electron chi connectivity index (χ0n) is 13.8. The number of hydrogen-bond acceptors (Lipinski definition) is 2. The minimum Gasteiger partial charge on any atom is -0.322 e. The van der Waals surface area contributed by atoms with E-state index in [1.54, 1.807) is 23.9 Å². The van der Waals surface area contributed by atoms with Crippen LogP contribution in [0.4, 0.5) is 10.1 Å². The van der Waals surface area contributed by atoms with Gasteiger partial charge < -0.3 is 5.32 Å². The molecule has 0 radical (unpaired) electrons. The van der Waals surface area contributed by atoms with Gasteiger partial charge in [-0.25, -0.2) is 4.39 Å². The van der Waals surface area contributed by atoms with Crippen LogP contribution in [0.5, 0.6) is 0 Å². The Morgan fingerprint density at radius 1 is 0.960 bits per heavy atom. The van der Waals surface area contributed by atoms with Crippen LogP contribution in [0.25, 0.3) is 0 Å². The van der Waals surface area contributed by atoms with Crippen LogP contribution >= 0.6 is 11.8 Å². The quantitative estimate of drug-likeness (QED) is 0.599. The van der Waals surface area contributed by atoms with Gasteiger partial charge in [-0.2, -0.15) is 0 Å². The van der Waals surface area contributed by atoms with Gasteiger partial charge in [-0.1, -0.05) is 36.4 Å². The lowest BCUT2D eigenvalue weighted by atomic mass is 10.1. The van der Waals surface area contributed by atoms with Gasteiger partial charge in [0.15, 0.2) is 0 Å². The summed E-state index contributed by atoms with van der Waals surface area (Å²) >= 11 is 1.56. The summed E-state index contributed by atoms with van der Waals surface area (Å²) in [6.07, 6.45) is 0. The maximum absolute atomic E-state index is 13.6. The van der Waals surface area contributed by atoms with E-state index in [-0.39, 0.29) is 11.7 Å². The summed E-state index contributed by atoms with van der Waals surface area (Å²) in [4.78, 5) is 13.3. The summed E-state index contributed by atoms with van der Waals surface area (Å²) in [6.45, 7) is 1.91. The average Bonchev–Trinajstić information content (AvgIpc) is 2.62. The molecule has 0 aliphatic heterocycles. The van der Waals surface area contributed by atoms with E-state index in [2.05, 4.69) is 5.32 Å². The first kappa shape index (κ1) is 17.2. The Labute approximate surface area is 151 Å². The second-order valence-electron chi connectivity index (χ2n) is 5.67. The van der Waals surface area contributed by atoms with Crippen molar-refractivity contribution in [2.45, 2.75) is 17.6 Å². The minimum atomic E-state index is -0.183. The van der Waals surface area contributed by atoms with E-state index >= 15 is 0 Å². The van der Waals surface area contributed by atoms with Crippen LogP contribution in [-0.4, -0.2) is 5.91 Å². The van der Waals surface area contributed by atoms with E-state index in [4.69, 9.17) is 0 Å². The Hall–Kier alpha value is -2.59. The van der Waals surface area contributed by atoms with Crippen LogP contribution in [-0.2, 0) is 5.75 Å². The van der Waals surface area contributed by atoms with Crippen LogP contribution in [0.15, 0.2) is 77.7 Å². The van der Waals surface area contributed by atoms with Crippen molar-refractivity contribution in [2.24, 2.45) is 0 Å². The fourth-order valence-electron chi connectivity index (χ4n) is 2.44. The van der Waals surface area contributed by atoms with Gasteiger partial charge >= 0.3 is 0 Å². The lowest BCUT2D eigenvalue weighted by molar-refractivity contribution is 0.102. The third kappa shape index (κ3) is 4.48. The highest BCUT2D eigenvalue weighted by Gasteiger charge is 2.08. The number of hydrogen-bond donors (Lipinski definition) is 1. The van der Waals surface area contributed by atoms with E-state index < -0.39 is 0 Å². The lowest BCUT2D eigenvalue weighted by Crippen LogP contribution is -2.13. The number of rotatable bonds is 5. The number of carbonyl (C=O) groups is 1. The second-order valence-corrected chi connectivity index (χ2v) is 6.72. The average molecular weight is 351 g/mol. The van der Waals surface area contributed by atoms with Crippen molar-refractivity contribution in [1.29, 1.82) is 0 Å². The molecule has 0 atom stereocenters. The first-order valence-corrected chi connectivity index (χ1v) is 8.95. The molecule has 3 rings (SSSR count). The Balaban J connectivity index is 1.62. The molecule has 2 nitrogen and oxygen atoms in total. The molecule has 25 heavy (non-hydrogen) atoms.